The molecule has 1 aliphatic rings. The van der Waals surface area contributed by atoms with E-state index in [0.717, 1.165) is 36.2 Å². The van der Waals surface area contributed by atoms with Gasteiger partial charge in [-0.2, -0.15) is 0 Å². The molecule has 0 N–H and O–H groups in total. The van der Waals surface area contributed by atoms with Crippen molar-refractivity contribution in [3.63, 3.8) is 0 Å². The fourth-order valence-corrected chi connectivity index (χ4v) is 2.29. The van der Waals surface area contributed by atoms with Crippen LogP contribution in [0, 0.1) is 3.57 Å². The summed E-state index contributed by atoms with van der Waals surface area (Å²) in [5.41, 5.74) is 0. The van der Waals surface area contributed by atoms with E-state index in [0.29, 0.717) is 11.0 Å². The lowest BCUT2D eigenvalue weighted by Gasteiger charge is -2.31. The maximum atomic E-state index is 6.00. The van der Waals surface area contributed by atoms with E-state index in [9.17, 15) is 0 Å². The Morgan fingerprint density at radius 1 is 1.65 bits per heavy atom. The maximum absolute atomic E-state index is 6.00. The molecule has 1 fully saturated rings. The fraction of sp³-hybridized carbons (Fsp3) is 0.636. The standard InChI is InChI=1S/C11H15ClIN3O/c1-2-3-16-4-5-17-9(7-16)11-14-6-8(13)10(12)15-11/h6,9H,2-5,7H2,1H3. The molecule has 1 aromatic rings. The van der Waals surface area contributed by atoms with E-state index >= 15 is 0 Å². The molecule has 0 spiro atoms. The number of nitrogens with zero attached hydrogens (tertiary/aromatic N) is 3. The average Bonchev–Trinajstić information content (AvgIpc) is 2.33. The topological polar surface area (TPSA) is 38.2 Å². The van der Waals surface area contributed by atoms with Gasteiger partial charge in [-0.05, 0) is 35.6 Å². The molecule has 1 atom stereocenters. The Hall–Kier alpha value is 0.0200. The highest BCUT2D eigenvalue weighted by atomic mass is 127. The van der Waals surface area contributed by atoms with Crippen molar-refractivity contribution < 1.29 is 4.74 Å². The highest BCUT2D eigenvalue weighted by Gasteiger charge is 2.24. The third-order valence-electron chi connectivity index (χ3n) is 2.70. The Morgan fingerprint density at radius 2 is 2.47 bits per heavy atom. The monoisotopic (exact) mass is 367 g/mol. The van der Waals surface area contributed by atoms with Crippen molar-refractivity contribution in [2.75, 3.05) is 26.2 Å². The van der Waals surface area contributed by atoms with Gasteiger partial charge in [-0.1, -0.05) is 18.5 Å². The predicted octanol–water partition coefficient (Wildman–Crippen LogP) is 2.52. The lowest BCUT2D eigenvalue weighted by Crippen LogP contribution is -2.39. The number of hydrogen-bond donors (Lipinski definition) is 0. The summed E-state index contributed by atoms with van der Waals surface area (Å²) in [4.78, 5) is 11.0. The molecule has 2 rings (SSSR count). The van der Waals surface area contributed by atoms with Gasteiger partial charge in [0.15, 0.2) is 5.82 Å². The molecule has 0 bridgehead atoms. The molecule has 0 saturated carbocycles. The first-order valence-electron chi connectivity index (χ1n) is 5.72. The Kier molecular flexibility index (Phi) is 4.96. The average molecular weight is 368 g/mol. The zero-order valence-electron chi connectivity index (χ0n) is 9.70. The van der Waals surface area contributed by atoms with Crippen LogP contribution in [0.15, 0.2) is 6.20 Å². The van der Waals surface area contributed by atoms with Crippen molar-refractivity contribution in [3.8, 4) is 0 Å². The van der Waals surface area contributed by atoms with Gasteiger partial charge in [0.25, 0.3) is 0 Å². The molecule has 17 heavy (non-hydrogen) atoms. The summed E-state index contributed by atoms with van der Waals surface area (Å²) >= 11 is 8.12. The molecule has 1 aliphatic heterocycles. The lowest BCUT2D eigenvalue weighted by molar-refractivity contribution is -0.0342. The predicted molar refractivity (Wildman–Crippen MR) is 75.2 cm³/mol. The zero-order chi connectivity index (χ0) is 12.3. The smallest absolute Gasteiger partial charge is 0.160 e. The van der Waals surface area contributed by atoms with Crippen molar-refractivity contribution in [2.45, 2.75) is 19.4 Å². The summed E-state index contributed by atoms with van der Waals surface area (Å²) in [5, 5.41) is 0.506. The zero-order valence-corrected chi connectivity index (χ0v) is 12.6. The summed E-state index contributed by atoms with van der Waals surface area (Å²) in [6.07, 6.45) is 2.85. The number of hydrogen-bond acceptors (Lipinski definition) is 4. The Labute approximate surface area is 120 Å². The summed E-state index contributed by atoms with van der Waals surface area (Å²) in [7, 11) is 0. The molecule has 0 amide bonds. The van der Waals surface area contributed by atoms with Crippen LogP contribution >= 0.6 is 34.2 Å². The van der Waals surface area contributed by atoms with E-state index in [1.165, 1.54) is 0 Å². The largest absolute Gasteiger partial charge is 0.368 e. The van der Waals surface area contributed by atoms with Crippen molar-refractivity contribution in [3.05, 3.63) is 20.7 Å². The van der Waals surface area contributed by atoms with Gasteiger partial charge in [-0.3, -0.25) is 4.90 Å². The number of aromatic nitrogens is 2. The highest BCUT2D eigenvalue weighted by Crippen LogP contribution is 2.22. The van der Waals surface area contributed by atoms with Gasteiger partial charge in [0.05, 0.1) is 10.2 Å². The van der Waals surface area contributed by atoms with Crippen LogP contribution in [-0.4, -0.2) is 41.1 Å². The third-order valence-corrected chi connectivity index (χ3v) is 4.09. The number of morpholine rings is 1. The first-order chi connectivity index (χ1) is 8.20. The maximum Gasteiger partial charge on any atom is 0.160 e. The molecule has 0 aliphatic carbocycles. The molecule has 1 saturated heterocycles. The molecule has 1 aromatic heterocycles. The van der Waals surface area contributed by atoms with Gasteiger partial charge in [0, 0.05) is 19.3 Å². The van der Waals surface area contributed by atoms with Gasteiger partial charge < -0.3 is 4.74 Å². The molecular weight excluding hydrogens is 352 g/mol. The van der Waals surface area contributed by atoms with Crippen LogP contribution in [0.1, 0.15) is 25.3 Å². The van der Waals surface area contributed by atoms with Crippen molar-refractivity contribution >= 4 is 34.2 Å². The number of halogens is 2. The Bertz CT molecular complexity index is 389. The van der Waals surface area contributed by atoms with Gasteiger partial charge in [0.1, 0.15) is 11.3 Å². The minimum Gasteiger partial charge on any atom is -0.368 e. The third kappa shape index (κ3) is 3.49. The number of rotatable bonds is 3. The second kappa shape index (κ2) is 6.26. The van der Waals surface area contributed by atoms with Crippen molar-refractivity contribution in [1.82, 2.24) is 14.9 Å². The summed E-state index contributed by atoms with van der Waals surface area (Å²) in [5.74, 6) is 0.691. The first kappa shape index (κ1) is 13.5. The van der Waals surface area contributed by atoms with E-state index < -0.39 is 0 Å². The van der Waals surface area contributed by atoms with Crippen LogP contribution in [0.25, 0.3) is 0 Å². The summed E-state index contributed by atoms with van der Waals surface area (Å²) in [6.45, 7) is 5.85. The molecular formula is C11H15ClIN3O. The molecule has 4 nitrogen and oxygen atoms in total. The molecule has 6 heteroatoms. The van der Waals surface area contributed by atoms with Crippen LogP contribution in [0.5, 0.6) is 0 Å². The second-order valence-electron chi connectivity index (χ2n) is 4.03. The van der Waals surface area contributed by atoms with Crippen molar-refractivity contribution in [1.29, 1.82) is 0 Å². The van der Waals surface area contributed by atoms with Crippen LogP contribution in [-0.2, 0) is 4.74 Å². The lowest BCUT2D eigenvalue weighted by atomic mass is 10.2. The molecule has 0 aromatic carbocycles. The van der Waals surface area contributed by atoms with E-state index in [1.807, 2.05) is 0 Å². The van der Waals surface area contributed by atoms with E-state index in [2.05, 4.69) is 44.4 Å². The van der Waals surface area contributed by atoms with Crippen LogP contribution < -0.4 is 0 Å². The van der Waals surface area contributed by atoms with Crippen LogP contribution in [0.4, 0.5) is 0 Å². The van der Waals surface area contributed by atoms with Gasteiger partial charge >= 0.3 is 0 Å². The molecule has 0 radical (unpaired) electrons. The van der Waals surface area contributed by atoms with Crippen LogP contribution in [0.2, 0.25) is 5.15 Å². The SMILES string of the molecule is CCCN1CCOC(c2ncc(I)c(Cl)n2)C1. The van der Waals surface area contributed by atoms with Gasteiger partial charge in [-0.25, -0.2) is 9.97 Å². The van der Waals surface area contributed by atoms with Gasteiger partial charge in [-0.15, -0.1) is 0 Å². The molecule has 2 heterocycles. The van der Waals surface area contributed by atoms with Crippen molar-refractivity contribution in [2.24, 2.45) is 0 Å². The number of ether oxygens (including phenoxy) is 1. The normalized spacial score (nSPS) is 21.7. The van der Waals surface area contributed by atoms with Crippen LogP contribution in [0.3, 0.4) is 0 Å². The summed E-state index contributed by atoms with van der Waals surface area (Å²) < 4.78 is 6.58. The molecule has 94 valence electrons. The summed E-state index contributed by atoms with van der Waals surface area (Å²) in [6, 6.07) is 0. The highest BCUT2D eigenvalue weighted by molar-refractivity contribution is 14.1. The van der Waals surface area contributed by atoms with E-state index in [1.54, 1.807) is 6.20 Å². The quantitative estimate of drug-likeness (QED) is 0.608. The second-order valence-corrected chi connectivity index (χ2v) is 5.55. The molecule has 1 unspecified atom stereocenters. The minimum absolute atomic E-state index is 0.0511. The first-order valence-corrected chi connectivity index (χ1v) is 7.18. The van der Waals surface area contributed by atoms with E-state index in [4.69, 9.17) is 16.3 Å². The fourth-order valence-electron chi connectivity index (χ4n) is 1.89. The Balaban J connectivity index is 2.08. The van der Waals surface area contributed by atoms with Gasteiger partial charge in [0.2, 0.25) is 0 Å². The minimum atomic E-state index is -0.0511. The van der Waals surface area contributed by atoms with E-state index in [-0.39, 0.29) is 6.10 Å². The Morgan fingerprint density at radius 3 is 3.18 bits per heavy atom.